The van der Waals surface area contributed by atoms with Crippen molar-refractivity contribution in [3.05, 3.63) is 69.5 Å². The Bertz CT molecular complexity index is 957. The lowest BCUT2D eigenvalue weighted by Gasteiger charge is -2.02. The normalized spacial score (nSPS) is 10.4. The second kappa shape index (κ2) is 8.92. The Labute approximate surface area is 169 Å². The van der Waals surface area contributed by atoms with Crippen LogP contribution in [-0.2, 0) is 16.0 Å². The van der Waals surface area contributed by atoms with Crippen molar-refractivity contribution in [1.29, 1.82) is 0 Å². The van der Waals surface area contributed by atoms with Crippen molar-refractivity contribution in [2.45, 2.75) is 13.3 Å². The van der Waals surface area contributed by atoms with E-state index in [4.69, 9.17) is 4.74 Å². The van der Waals surface area contributed by atoms with Crippen molar-refractivity contribution >= 4 is 44.3 Å². The molecule has 0 saturated carbocycles. The van der Waals surface area contributed by atoms with Gasteiger partial charge in [-0.15, -0.1) is 11.3 Å². The van der Waals surface area contributed by atoms with E-state index in [9.17, 15) is 9.59 Å². The van der Waals surface area contributed by atoms with Gasteiger partial charge >= 0.3 is 5.97 Å². The van der Waals surface area contributed by atoms with Crippen molar-refractivity contribution < 1.29 is 14.3 Å². The number of hydrogen-bond donors (Lipinski definition) is 1. The molecule has 27 heavy (non-hydrogen) atoms. The smallest absolute Gasteiger partial charge is 0.311 e. The van der Waals surface area contributed by atoms with E-state index in [1.165, 1.54) is 11.3 Å². The van der Waals surface area contributed by atoms with E-state index >= 15 is 0 Å². The molecule has 0 saturated heterocycles. The Hall–Kier alpha value is -2.51. The van der Waals surface area contributed by atoms with Gasteiger partial charge in [-0.25, -0.2) is 4.98 Å². The van der Waals surface area contributed by atoms with Gasteiger partial charge in [0.25, 0.3) is 5.91 Å². The highest BCUT2D eigenvalue weighted by molar-refractivity contribution is 9.10. The van der Waals surface area contributed by atoms with Crippen LogP contribution < -0.4 is 5.32 Å². The standard InChI is InChI=1S/C20H17BrN2O3S/c1-2-26-17(24)12-16-18(13-7-4-3-5-8-13)22-20(27-16)23-19(25)14-9-6-10-15(21)11-14/h3-11H,2,12H2,1H3,(H,22,23,25). The Morgan fingerprint density at radius 1 is 1.15 bits per heavy atom. The fourth-order valence-corrected chi connectivity index (χ4v) is 3.85. The summed E-state index contributed by atoms with van der Waals surface area (Å²) in [5.41, 5.74) is 2.09. The van der Waals surface area contributed by atoms with Gasteiger partial charge in [-0.05, 0) is 25.1 Å². The zero-order valence-electron chi connectivity index (χ0n) is 14.6. The number of halogens is 1. The van der Waals surface area contributed by atoms with E-state index in [2.05, 4.69) is 26.2 Å². The second-order valence-electron chi connectivity index (χ2n) is 5.60. The highest BCUT2D eigenvalue weighted by atomic mass is 79.9. The molecule has 0 aliphatic carbocycles. The number of hydrogen-bond acceptors (Lipinski definition) is 5. The number of carbonyl (C=O) groups is 2. The molecule has 0 spiro atoms. The van der Waals surface area contributed by atoms with Crippen LogP contribution in [0.25, 0.3) is 11.3 Å². The summed E-state index contributed by atoms with van der Waals surface area (Å²) in [6.07, 6.45) is 0.114. The first-order valence-electron chi connectivity index (χ1n) is 8.34. The zero-order valence-corrected chi connectivity index (χ0v) is 17.0. The molecule has 3 aromatic rings. The molecule has 1 aromatic heterocycles. The minimum absolute atomic E-state index is 0.114. The average Bonchev–Trinajstić information content (AvgIpc) is 3.04. The number of carbonyl (C=O) groups excluding carboxylic acids is 2. The molecule has 0 aliphatic heterocycles. The molecule has 2 aromatic carbocycles. The van der Waals surface area contributed by atoms with E-state index < -0.39 is 0 Å². The summed E-state index contributed by atoms with van der Waals surface area (Å²) in [7, 11) is 0. The van der Waals surface area contributed by atoms with Crippen LogP contribution in [0.3, 0.4) is 0 Å². The van der Waals surface area contributed by atoms with Gasteiger partial charge in [-0.2, -0.15) is 0 Å². The summed E-state index contributed by atoms with van der Waals surface area (Å²) in [4.78, 5) is 29.7. The minimum Gasteiger partial charge on any atom is -0.466 e. The molecule has 0 atom stereocenters. The third kappa shape index (κ3) is 5.02. The fourth-order valence-electron chi connectivity index (χ4n) is 2.49. The van der Waals surface area contributed by atoms with E-state index in [0.29, 0.717) is 23.0 Å². The number of benzene rings is 2. The maximum absolute atomic E-state index is 12.5. The number of esters is 1. The van der Waals surface area contributed by atoms with E-state index in [-0.39, 0.29) is 18.3 Å². The lowest BCUT2D eigenvalue weighted by molar-refractivity contribution is -0.142. The minimum atomic E-state index is -0.316. The van der Waals surface area contributed by atoms with Gasteiger partial charge in [0, 0.05) is 20.5 Å². The summed E-state index contributed by atoms with van der Waals surface area (Å²) < 4.78 is 5.88. The summed E-state index contributed by atoms with van der Waals surface area (Å²) in [5, 5.41) is 3.26. The van der Waals surface area contributed by atoms with Crippen molar-refractivity contribution in [1.82, 2.24) is 4.98 Å². The molecular formula is C20H17BrN2O3S. The first kappa shape index (κ1) is 19.3. The summed E-state index contributed by atoms with van der Waals surface area (Å²) >= 11 is 4.64. The number of aromatic nitrogens is 1. The van der Waals surface area contributed by atoms with Crippen molar-refractivity contribution in [2.24, 2.45) is 0 Å². The number of amides is 1. The third-order valence-electron chi connectivity index (χ3n) is 3.66. The molecule has 0 unspecified atom stereocenters. The quantitative estimate of drug-likeness (QED) is 0.547. The fraction of sp³-hybridized carbons (Fsp3) is 0.150. The van der Waals surface area contributed by atoms with Crippen LogP contribution in [0, 0.1) is 0 Å². The van der Waals surface area contributed by atoms with Crippen LogP contribution in [-0.4, -0.2) is 23.5 Å². The van der Waals surface area contributed by atoms with Crippen LogP contribution in [0.2, 0.25) is 0 Å². The average molecular weight is 445 g/mol. The Morgan fingerprint density at radius 3 is 2.63 bits per heavy atom. The predicted octanol–water partition coefficient (Wildman–Crippen LogP) is 4.93. The summed E-state index contributed by atoms with van der Waals surface area (Å²) in [5.74, 6) is -0.574. The number of nitrogens with one attached hydrogen (secondary N) is 1. The van der Waals surface area contributed by atoms with Crippen LogP contribution in [0.15, 0.2) is 59.1 Å². The SMILES string of the molecule is CCOC(=O)Cc1sc(NC(=O)c2cccc(Br)c2)nc1-c1ccccc1. The zero-order chi connectivity index (χ0) is 19.2. The van der Waals surface area contributed by atoms with Gasteiger partial charge in [0.15, 0.2) is 5.13 Å². The first-order chi connectivity index (χ1) is 13.1. The summed E-state index contributed by atoms with van der Waals surface area (Å²) in [6, 6.07) is 16.7. The van der Waals surface area contributed by atoms with Gasteiger partial charge in [-0.1, -0.05) is 52.3 Å². The Kier molecular flexibility index (Phi) is 6.36. The highest BCUT2D eigenvalue weighted by Gasteiger charge is 2.18. The monoisotopic (exact) mass is 444 g/mol. The largest absolute Gasteiger partial charge is 0.466 e. The molecule has 138 valence electrons. The van der Waals surface area contributed by atoms with E-state index in [0.717, 1.165) is 14.9 Å². The maximum Gasteiger partial charge on any atom is 0.311 e. The molecule has 0 fully saturated rings. The number of anilines is 1. The third-order valence-corrected chi connectivity index (χ3v) is 5.13. The molecule has 1 N–H and O–H groups in total. The Morgan fingerprint density at radius 2 is 1.93 bits per heavy atom. The first-order valence-corrected chi connectivity index (χ1v) is 9.95. The van der Waals surface area contributed by atoms with Crippen molar-refractivity contribution in [3.63, 3.8) is 0 Å². The molecule has 0 aliphatic rings. The molecular weight excluding hydrogens is 428 g/mol. The van der Waals surface area contributed by atoms with Crippen molar-refractivity contribution in [2.75, 3.05) is 11.9 Å². The van der Waals surface area contributed by atoms with Gasteiger partial charge in [0.1, 0.15) is 0 Å². The molecule has 7 heteroatoms. The van der Waals surface area contributed by atoms with Crippen LogP contribution >= 0.6 is 27.3 Å². The molecule has 1 amide bonds. The number of thiazole rings is 1. The molecule has 0 radical (unpaired) electrons. The lowest BCUT2D eigenvalue weighted by atomic mass is 10.1. The number of ether oxygens (including phenoxy) is 1. The number of nitrogens with zero attached hydrogens (tertiary/aromatic N) is 1. The van der Waals surface area contributed by atoms with Crippen LogP contribution in [0.1, 0.15) is 22.2 Å². The van der Waals surface area contributed by atoms with Gasteiger partial charge < -0.3 is 4.74 Å². The topological polar surface area (TPSA) is 68.3 Å². The molecule has 5 nitrogen and oxygen atoms in total. The highest BCUT2D eigenvalue weighted by Crippen LogP contribution is 2.32. The second-order valence-corrected chi connectivity index (χ2v) is 7.60. The maximum atomic E-state index is 12.5. The Balaban J connectivity index is 1.88. The number of rotatable bonds is 6. The molecule has 0 bridgehead atoms. The predicted molar refractivity (Wildman–Crippen MR) is 110 cm³/mol. The van der Waals surface area contributed by atoms with Gasteiger partial charge in [0.2, 0.25) is 0 Å². The van der Waals surface area contributed by atoms with E-state index in [1.54, 1.807) is 25.1 Å². The van der Waals surface area contributed by atoms with Gasteiger partial charge in [-0.3, -0.25) is 14.9 Å². The molecule has 1 heterocycles. The van der Waals surface area contributed by atoms with Crippen LogP contribution in [0.5, 0.6) is 0 Å². The van der Waals surface area contributed by atoms with Crippen LogP contribution in [0.4, 0.5) is 5.13 Å². The molecule has 3 rings (SSSR count). The van der Waals surface area contributed by atoms with E-state index in [1.807, 2.05) is 36.4 Å². The summed E-state index contributed by atoms with van der Waals surface area (Å²) in [6.45, 7) is 2.09. The lowest BCUT2D eigenvalue weighted by Crippen LogP contribution is -2.11. The van der Waals surface area contributed by atoms with Gasteiger partial charge in [0.05, 0.1) is 18.7 Å². The van der Waals surface area contributed by atoms with Crippen molar-refractivity contribution in [3.8, 4) is 11.3 Å².